The lowest BCUT2D eigenvalue weighted by molar-refractivity contribution is -0.0808. The van der Waals surface area contributed by atoms with Gasteiger partial charge in [0.15, 0.2) is 10.8 Å². The quantitative estimate of drug-likeness (QED) is 0.848. The van der Waals surface area contributed by atoms with Gasteiger partial charge in [-0.1, -0.05) is 0 Å². The summed E-state index contributed by atoms with van der Waals surface area (Å²) in [6.07, 6.45) is 0.880. The third-order valence-electron chi connectivity index (χ3n) is 4.05. The summed E-state index contributed by atoms with van der Waals surface area (Å²) in [6, 6.07) is 6.46. The SMILES string of the molecule is COc1ccc2c(c1)OC1(C)CC2NC(=S)N1C(C)C. The molecule has 2 unspecified atom stereocenters. The van der Waals surface area contributed by atoms with E-state index >= 15 is 0 Å². The first-order valence-corrected chi connectivity index (χ1v) is 7.32. The van der Waals surface area contributed by atoms with Crippen molar-refractivity contribution in [2.45, 2.75) is 45.0 Å². The van der Waals surface area contributed by atoms with E-state index in [1.165, 1.54) is 0 Å². The molecule has 20 heavy (non-hydrogen) atoms. The maximum absolute atomic E-state index is 6.30. The van der Waals surface area contributed by atoms with Crippen LogP contribution in [0.25, 0.3) is 0 Å². The Morgan fingerprint density at radius 1 is 1.50 bits per heavy atom. The van der Waals surface area contributed by atoms with Crippen LogP contribution >= 0.6 is 12.2 Å². The van der Waals surface area contributed by atoms with Crippen molar-refractivity contribution in [2.75, 3.05) is 7.11 Å². The first-order chi connectivity index (χ1) is 9.44. The summed E-state index contributed by atoms with van der Waals surface area (Å²) in [6.45, 7) is 6.36. The summed E-state index contributed by atoms with van der Waals surface area (Å²) in [5.74, 6) is 1.69. The number of nitrogens with one attached hydrogen (secondary N) is 1. The second-order valence-electron chi connectivity index (χ2n) is 5.85. The van der Waals surface area contributed by atoms with Crippen molar-refractivity contribution in [3.63, 3.8) is 0 Å². The van der Waals surface area contributed by atoms with Crippen molar-refractivity contribution < 1.29 is 9.47 Å². The van der Waals surface area contributed by atoms with Gasteiger partial charge in [-0.15, -0.1) is 0 Å². The minimum atomic E-state index is -0.402. The molecule has 2 bridgehead atoms. The zero-order valence-corrected chi connectivity index (χ0v) is 13.1. The lowest BCUT2D eigenvalue weighted by Gasteiger charge is -2.53. The Kier molecular flexibility index (Phi) is 3.05. The summed E-state index contributed by atoms with van der Waals surface area (Å²) < 4.78 is 11.6. The maximum Gasteiger partial charge on any atom is 0.184 e. The highest BCUT2D eigenvalue weighted by atomic mass is 32.1. The minimum Gasteiger partial charge on any atom is -0.497 e. The average molecular weight is 292 g/mol. The summed E-state index contributed by atoms with van der Waals surface area (Å²) in [5.41, 5.74) is 0.745. The number of nitrogens with zero attached hydrogens (tertiary/aromatic N) is 1. The van der Waals surface area contributed by atoms with Gasteiger partial charge in [0.25, 0.3) is 0 Å². The van der Waals surface area contributed by atoms with Crippen molar-refractivity contribution in [1.82, 2.24) is 10.2 Å². The molecule has 2 aliphatic heterocycles. The summed E-state index contributed by atoms with van der Waals surface area (Å²) in [5, 5.41) is 4.20. The number of thiocarbonyl (C=S) groups is 1. The first kappa shape index (κ1) is 13.5. The molecule has 3 rings (SSSR count). The Balaban J connectivity index is 2.06. The van der Waals surface area contributed by atoms with E-state index in [1.54, 1.807) is 7.11 Å². The van der Waals surface area contributed by atoms with Crippen LogP contribution in [0.4, 0.5) is 0 Å². The molecule has 0 radical (unpaired) electrons. The van der Waals surface area contributed by atoms with Crippen LogP contribution in [0.1, 0.15) is 38.8 Å². The summed E-state index contributed by atoms with van der Waals surface area (Å²) in [4.78, 5) is 2.14. The predicted octanol–water partition coefficient (Wildman–Crippen LogP) is 2.83. The van der Waals surface area contributed by atoms with Gasteiger partial charge in [0.2, 0.25) is 0 Å². The number of ether oxygens (including phenoxy) is 2. The highest BCUT2D eigenvalue weighted by Crippen LogP contribution is 2.45. The number of fused-ring (bicyclic) bond motifs is 4. The van der Waals surface area contributed by atoms with Crippen molar-refractivity contribution in [3.8, 4) is 11.5 Å². The molecule has 108 valence electrons. The van der Waals surface area contributed by atoms with Gasteiger partial charge in [-0.2, -0.15) is 0 Å². The third kappa shape index (κ3) is 1.92. The van der Waals surface area contributed by atoms with Gasteiger partial charge in [0, 0.05) is 24.1 Å². The van der Waals surface area contributed by atoms with E-state index in [4.69, 9.17) is 21.7 Å². The lowest BCUT2D eigenvalue weighted by atomic mass is 9.90. The molecule has 1 N–H and O–H groups in total. The molecular formula is C15H20N2O2S. The van der Waals surface area contributed by atoms with Crippen molar-refractivity contribution in [3.05, 3.63) is 23.8 Å². The van der Waals surface area contributed by atoms with E-state index in [1.807, 2.05) is 12.1 Å². The van der Waals surface area contributed by atoms with Crippen LogP contribution < -0.4 is 14.8 Å². The molecule has 1 aromatic carbocycles. The molecule has 2 aliphatic rings. The molecule has 0 aromatic heterocycles. The second-order valence-corrected chi connectivity index (χ2v) is 6.24. The van der Waals surface area contributed by atoms with Crippen LogP contribution in [0, 0.1) is 0 Å². The highest BCUT2D eigenvalue weighted by molar-refractivity contribution is 7.80. The molecule has 1 fully saturated rings. The van der Waals surface area contributed by atoms with E-state index < -0.39 is 5.72 Å². The van der Waals surface area contributed by atoms with Gasteiger partial charge in [-0.05, 0) is 45.1 Å². The molecule has 0 saturated carbocycles. The van der Waals surface area contributed by atoms with Gasteiger partial charge < -0.3 is 19.7 Å². The van der Waals surface area contributed by atoms with Crippen LogP contribution in [-0.4, -0.2) is 28.9 Å². The fraction of sp³-hybridized carbons (Fsp3) is 0.533. The molecule has 1 aromatic rings. The molecule has 2 heterocycles. The molecule has 0 spiro atoms. The number of hydrogen-bond acceptors (Lipinski definition) is 3. The van der Waals surface area contributed by atoms with Crippen molar-refractivity contribution in [1.29, 1.82) is 0 Å². The van der Waals surface area contributed by atoms with Gasteiger partial charge >= 0.3 is 0 Å². The lowest BCUT2D eigenvalue weighted by Crippen LogP contribution is -2.66. The summed E-state index contributed by atoms with van der Waals surface area (Å²) in [7, 11) is 1.67. The Morgan fingerprint density at radius 2 is 2.25 bits per heavy atom. The van der Waals surface area contributed by atoms with E-state index in [0.717, 1.165) is 28.6 Å². The van der Waals surface area contributed by atoms with Crippen LogP contribution in [0.2, 0.25) is 0 Å². The van der Waals surface area contributed by atoms with Crippen molar-refractivity contribution in [2.24, 2.45) is 0 Å². The number of rotatable bonds is 2. The smallest absolute Gasteiger partial charge is 0.184 e. The number of hydrogen-bond donors (Lipinski definition) is 1. The van der Waals surface area contributed by atoms with E-state index in [0.29, 0.717) is 0 Å². The van der Waals surface area contributed by atoms with Gasteiger partial charge in [0.1, 0.15) is 11.5 Å². The highest BCUT2D eigenvalue weighted by Gasteiger charge is 2.48. The van der Waals surface area contributed by atoms with Crippen molar-refractivity contribution >= 4 is 17.3 Å². The fourth-order valence-electron chi connectivity index (χ4n) is 3.28. The van der Waals surface area contributed by atoms with Crippen LogP contribution in [0.3, 0.4) is 0 Å². The number of methoxy groups -OCH3 is 1. The Morgan fingerprint density at radius 3 is 2.90 bits per heavy atom. The Bertz CT molecular complexity index is 561. The molecule has 1 saturated heterocycles. The van der Waals surface area contributed by atoms with Crippen LogP contribution in [0.15, 0.2) is 18.2 Å². The monoisotopic (exact) mass is 292 g/mol. The molecule has 0 amide bonds. The maximum atomic E-state index is 6.30. The Hall–Kier alpha value is -1.49. The largest absolute Gasteiger partial charge is 0.497 e. The molecule has 5 heteroatoms. The first-order valence-electron chi connectivity index (χ1n) is 6.91. The minimum absolute atomic E-state index is 0.206. The second kappa shape index (κ2) is 4.52. The van der Waals surface area contributed by atoms with Crippen LogP contribution in [-0.2, 0) is 0 Å². The molecule has 2 atom stereocenters. The fourth-order valence-corrected chi connectivity index (χ4v) is 3.82. The Labute approximate surface area is 125 Å². The molecular weight excluding hydrogens is 272 g/mol. The molecule has 4 nitrogen and oxygen atoms in total. The summed E-state index contributed by atoms with van der Waals surface area (Å²) >= 11 is 5.52. The van der Waals surface area contributed by atoms with E-state index in [-0.39, 0.29) is 12.1 Å². The third-order valence-corrected chi connectivity index (χ3v) is 4.37. The van der Waals surface area contributed by atoms with E-state index in [2.05, 4.69) is 37.1 Å². The van der Waals surface area contributed by atoms with Gasteiger partial charge in [-0.3, -0.25) is 0 Å². The standard InChI is InChI=1S/C15H20N2O2S/c1-9(2)17-14(20)16-12-8-15(17,3)19-13-7-10(18-4)5-6-11(12)13/h5-7,9,12H,8H2,1-4H3,(H,16,20). The number of benzene rings is 1. The normalized spacial score (nSPS) is 27.8. The molecule has 0 aliphatic carbocycles. The van der Waals surface area contributed by atoms with Gasteiger partial charge in [-0.25, -0.2) is 0 Å². The van der Waals surface area contributed by atoms with Gasteiger partial charge in [0.05, 0.1) is 13.2 Å². The van der Waals surface area contributed by atoms with Crippen LogP contribution in [0.5, 0.6) is 11.5 Å². The topological polar surface area (TPSA) is 33.7 Å². The zero-order valence-electron chi connectivity index (χ0n) is 12.3. The zero-order chi connectivity index (χ0) is 14.5. The van der Waals surface area contributed by atoms with E-state index in [9.17, 15) is 0 Å². The average Bonchev–Trinajstić information content (AvgIpc) is 2.36. The predicted molar refractivity (Wildman–Crippen MR) is 82.1 cm³/mol.